The van der Waals surface area contributed by atoms with Gasteiger partial charge in [0, 0.05) is 17.5 Å². The summed E-state index contributed by atoms with van der Waals surface area (Å²) in [4.78, 5) is 11.8. The Morgan fingerprint density at radius 2 is 1.84 bits per heavy atom. The molecular formula is C24H28N4O4. The molecule has 2 aromatic rings. The third kappa shape index (κ3) is 6.09. The maximum Gasteiger partial charge on any atom is 0.298 e. The van der Waals surface area contributed by atoms with Crippen molar-refractivity contribution in [1.82, 2.24) is 5.32 Å². The number of allylic oxidation sites excluding steroid dienone is 1. The molecule has 0 saturated carbocycles. The summed E-state index contributed by atoms with van der Waals surface area (Å²) in [6, 6.07) is 16.8. The molecule has 0 aliphatic heterocycles. The van der Waals surface area contributed by atoms with Crippen LogP contribution in [0.15, 0.2) is 88.2 Å². The van der Waals surface area contributed by atoms with Crippen LogP contribution in [0.1, 0.15) is 25.8 Å². The lowest BCUT2D eigenvalue weighted by Crippen LogP contribution is -2.51. The summed E-state index contributed by atoms with van der Waals surface area (Å²) in [7, 11) is 1.60. The quantitative estimate of drug-likeness (QED) is 0.239. The van der Waals surface area contributed by atoms with Crippen molar-refractivity contribution in [3.05, 3.63) is 93.7 Å². The average Bonchev–Trinajstić information content (AvgIpc) is 2.81. The molecule has 1 aliphatic carbocycles. The average molecular weight is 437 g/mol. The van der Waals surface area contributed by atoms with Gasteiger partial charge in [0.05, 0.1) is 37.6 Å². The molecule has 1 unspecified atom stereocenters. The summed E-state index contributed by atoms with van der Waals surface area (Å²) < 4.78 is 10.9. The molecule has 0 heterocycles. The van der Waals surface area contributed by atoms with Gasteiger partial charge in [-0.1, -0.05) is 30.3 Å². The normalized spacial score (nSPS) is 18.5. The van der Waals surface area contributed by atoms with E-state index in [1.54, 1.807) is 19.3 Å². The Bertz CT molecular complexity index is 1000. The molecule has 0 aromatic heterocycles. The first-order chi connectivity index (χ1) is 15.4. The molecule has 0 bridgehead atoms. The Labute approximate surface area is 187 Å². The van der Waals surface area contributed by atoms with Crippen LogP contribution in [-0.4, -0.2) is 30.4 Å². The van der Waals surface area contributed by atoms with Crippen LogP contribution in [-0.2, 0) is 11.3 Å². The van der Waals surface area contributed by atoms with E-state index >= 15 is 0 Å². The molecule has 3 rings (SSSR count). The van der Waals surface area contributed by atoms with Crippen molar-refractivity contribution >= 4 is 5.69 Å². The van der Waals surface area contributed by atoms with Crippen molar-refractivity contribution in [2.24, 2.45) is 10.2 Å². The molecule has 0 fully saturated rings. The van der Waals surface area contributed by atoms with E-state index in [1.165, 1.54) is 0 Å². The van der Waals surface area contributed by atoms with E-state index in [1.807, 2.05) is 68.4 Å². The van der Waals surface area contributed by atoms with Crippen LogP contribution in [0.2, 0.25) is 0 Å². The smallest absolute Gasteiger partial charge is 0.298 e. The van der Waals surface area contributed by atoms with E-state index in [2.05, 4.69) is 15.5 Å². The van der Waals surface area contributed by atoms with Gasteiger partial charge in [-0.15, -0.1) is 0 Å². The predicted molar refractivity (Wildman–Crippen MR) is 122 cm³/mol. The number of nitro groups is 1. The second-order valence-corrected chi connectivity index (χ2v) is 7.78. The van der Waals surface area contributed by atoms with E-state index in [9.17, 15) is 10.1 Å². The number of nitrogens with one attached hydrogen (secondary N) is 1. The van der Waals surface area contributed by atoms with E-state index in [0.29, 0.717) is 17.9 Å². The Hall–Kier alpha value is -3.36. The van der Waals surface area contributed by atoms with Crippen molar-refractivity contribution in [2.45, 2.75) is 38.6 Å². The predicted octanol–water partition coefficient (Wildman–Crippen LogP) is 5.18. The molecule has 8 heteroatoms. The molecule has 168 valence electrons. The lowest BCUT2D eigenvalue weighted by atomic mass is 9.92. The molecule has 32 heavy (non-hydrogen) atoms. The Morgan fingerprint density at radius 1 is 1.12 bits per heavy atom. The number of methoxy groups -OCH3 is 1. The van der Waals surface area contributed by atoms with Crippen LogP contribution in [0.5, 0.6) is 5.75 Å². The molecule has 0 saturated heterocycles. The van der Waals surface area contributed by atoms with E-state index in [-0.39, 0.29) is 24.1 Å². The molecule has 0 spiro atoms. The van der Waals surface area contributed by atoms with Gasteiger partial charge in [0.25, 0.3) is 5.66 Å². The Kier molecular flexibility index (Phi) is 7.86. The summed E-state index contributed by atoms with van der Waals surface area (Å²) >= 11 is 0. The highest BCUT2D eigenvalue weighted by atomic mass is 16.6. The molecule has 8 nitrogen and oxygen atoms in total. The zero-order valence-corrected chi connectivity index (χ0v) is 18.5. The van der Waals surface area contributed by atoms with Gasteiger partial charge < -0.3 is 9.47 Å². The van der Waals surface area contributed by atoms with Gasteiger partial charge in [-0.2, -0.15) is 10.2 Å². The monoisotopic (exact) mass is 436 g/mol. The number of hydrogen-bond donors (Lipinski definition) is 1. The van der Waals surface area contributed by atoms with Crippen LogP contribution in [0.3, 0.4) is 0 Å². The van der Waals surface area contributed by atoms with Crippen molar-refractivity contribution in [2.75, 3.05) is 13.7 Å². The van der Waals surface area contributed by atoms with Gasteiger partial charge in [-0.3, -0.25) is 10.1 Å². The lowest BCUT2D eigenvalue weighted by molar-refractivity contribution is -0.563. The van der Waals surface area contributed by atoms with Gasteiger partial charge >= 0.3 is 0 Å². The Morgan fingerprint density at radius 3 is 2.47 bits per heavy atom. The summed E-state index contributed by atoms with van der Waals surface area (Å²) in [5.74, 6) is 0.736. The van der Waals surface area contributed by atoms with Gasteiger partial charge in [-0.05, 0) is 55.3 Å². The van der Waals surface area contributed by atoms with Crippen LogP contribution in [0.25, 0.3) is 0 Å². The van der Waals surface area contributed by atoms with Crippen molar-refractivity contribution in [1.29, 1.82) is 0 Å². The molecule has 0 radical (unpaired) electrons. The van der Waals surface area contributed by atoms with Crippen LogP contribution in [0.4, 0.5) is 5.69 Å². The van der Waals surface area contributed by atoms with Crippen molar-refractivity contribution in [3.8, 4) is 5.75 Å². The van der Waals surface area contributed by atoms with Crippen molar-refractivity contribution in [3.63, 3.8) is 0 Å². The zero-order valence-electron chi connectivity index (χ0n) is 18.5. The third-order valence-corrected chi connectivity index (χ3v) is 5.07. The standard InChI is InChI=1S/C24H28N4O4/c1-18(2)32-17-20-15-24(28(29)30,25-16-19-9-11-22(31-3)12-10-19)14-13-23(20)27-26-21-7-5-4-6-8-21/h4-14,18,25H,15-17H2,1-3H3. The number of rotatable bonds is 10. The number of ether oxygens (including phenoxy) is 2. The summed E-state index contributed by atoms with van der Waals surface area (Å²) in [5, 5.41) is 23.9. The maximum atomic E-state index is 12.1. The van der Waals surface area contributed by atoms with Crippen molar-refractivity contribution < 1.29 is 14.4 Å². The summed E-state index contributed by atoms with van der Waals surface area (Å²) in [5.41, 5.74) is 1.47. The molecule has 1 aliphatic rings. The van der Waals surface area contributed by atoms with Crippen LogP contribution in [0, 0.1) is 10.1 Å². The number of benzene rings is 2. The maximum absolute atomic E-state index is 12.1. The third-order valence-electron chi connectivity index (χ3n) is 5.07. The minimum absolute atomic E-state index is 0.0158. The molecule has 2 aromatic carbocycles. The largest absolute Gasteiger partial charge is 0.497 e. The molecule has 1 atom stereocenters. The number of azo groups is 1. The minimum atomic E-state index is -1.46. The zero-order chi connectivity index (χ0) is 23.0. The van der Waals surface area contributed by atoms with Crippen LogP contribution >= 0.6 is 0 Å². The Balaban J connectivity index is 1.82. The second-order valence-electron chi connectivity index (χ2n) is 7.78. The highest BCUT2D eigenvalue weighted by Gasteiger charge is 2.43. The summed E-state index contributed by atoms with van der Waals surface area (Å²) in [6.45, 7) is 4.42. The first-order valence-corrected chi connectivity index (χ1v) is 10.4. The van der Waals surface area contributed by atoms with Gasteiger partial charge in [0.1, 0.15) is 5.75 Å². The minimum Gasteiger partial charge on any atom is -0.497 e. The highest BCUT2D eigenvalue weighted by molar-refractivity contribution is 5.38. The van der Waals surface area contributed by atoms with Gasteiger partial charge in [-0.25, -0.2) is 5.32 Å². The number of nitrogens with zero attached hydrogens (tertiary/aromatic N) is 3. The summed E-state index contributed by atoms with van der Waals surface area (Å²) in [6.07, 6.45) is 3.31. The highest BCUT2D eigenvalue weighted by Crippen LogP contribution is 2.30. The van der Waals surface area contributed by atoms with E-state index < -0.39 is 5.66 Å². The first kappa shape index (κ1) is 23.3. The fourth-order valence-electron chi connectivity index (χ4n) is 3.22. The van der Waals surface area contributed by atoms with Crippen LogP contribution < -0.4 is 10.1 Å². The lowest BCUT2D eigenvalue weighted by Gasteiger charge is -2.28. The van der Waals surface area contributed by atoms with E-state index in [0.717, 1.165) is 16.9 Å². The second kappa shape index (κ2) is 10.8. The van der Waals surface area contributed by atoms with Gasteiger partial charge in [0.15, 0.2) is 0 Å². The van der Waals surface area contributed by atoms with Gasteiger partial charge in [0.2, 0.25) is 0 Å². The number of hydrogen-bond acceptors (Lipinski definition) is 7. The molecule has 0 amide bonds. The molecular weight excluding hydrogens is 408 g/mol. The SMILES string of the molecule is COc1ccc(CNC2([N+](=O)[O-])C=CC(N=Nc3ccccc3)=C(COC(C)C)C2)cc1. The molecule has 1 N–H and O–H groups in total. The topological polar surface area (TPSA) is 98.3 Å². The fraction of sp³-hybridized carbons (Fsp3) is 0.333. The first-order valence-electron chi connectivity index (χ1n) is 10.4. The fourth-order valence-corrected chi connectivity index (χ4v) is 3.22. The van der Waals surface area contributed by atoms with E-state index in [4.69, 9.17) is 9.47 Å².